The van der Waals surface area contributed by atoms with Crippen LogP contribution in [-0.4, -0.2) is 30.9 Å². The van der Waals surface area contributed by atoms with Crippen LogP contribution in [0.4, 0.5) is 10.1 Å². The molecule has 6 nitrogen and oxygen atoms in total. The predicted molar refractivity (Wildman–Crippen MR) is 93.1 cm³/mol. The van der Waals surface area contributed by atoms with Crippen molar-refractivity contribution >= 4 is 17.3 Å². The van der Waals surface area contributed by atoms with Gasteiger partial charge in [0.1, 0.15) is 5.82 Å². The van der Waals surface area contributed by atoms with Crippen molar-refractivity contribution in [1.82, 2.24) is 0 Å². The number of carbonyl (C=O) groups excluding carboxylic acids is 1. The van der Waals surface area contributed by atoms with Crippen molar-refractivity contribution in [3.63, 3.8) is 0 Å². The Labute approximate surface area is 149 Å². The van der Waals surface area contributed by atoms with Gasteiger partial charge in [-0.3, -0.25) is 4.79 Å². The van der Waals surface area contributed by atoms with E-state index in [1.807, 2.05) is 0 Å². The fraction of sp³-hybridized carbons (Fsp3) is 0.263. The van der Waals surface area contributed by atoms with Gasteiger partial charge in [-0.1, -0.05) is 17.3 Å². The molecule has 0 aromatic heterocycles. The lowest BCUT2D eigenvalue weighted by molar-refractivity contribution is -0.125. The molecular formula is C19H17FN2O4. The standard InChI is InChI=1S/C19H17FN2O4/c20-13-4-1-3-12(9-13)15-11-18(26-22-15)19(23)21-14-5-6-16-17(10-14)25-8-2-7-24-16/h1,3-6,9-10,18H,2,7-8,11H2,(H,21,23). The zero-order valence-electron chi connectivity index (χ0n) is 13.9. The fourth-order valence-electron chi connectivity index (χ4n) is 2.82. The summed E-state index contributed by atoms with van der Waals surface area (Å²) in [5, 5.41) is 6.71. The van der Waals surface area contributed by atoms with Gasteiger partial charge >= 0.3 is 0 Å². The van der Waals surface area contributed by atoms with Crippen LogP contribution in [0.5, 0.6) is 11.5 Å². The number of hydrogen-bond acceptors (Lipinski definition) is 5. The quantitative estimate of drug-likeness (QED) is 0.917. The van der Waals surface area contributed by atoms with E-state index in [0.717, 1.165) is 6.42 Å². The molecule has 0 fully saturated rings. The summed E-state index contributed by atoms with van der Waals surface area (Å²) >= 11 is 0. The normalized spacial score (nSPS) is 18.5. The van der Waals surface area contributed by atoms with Crippen molar-refractivity contribution in [1.29, 1.82) is 0 Å². The molecule has 2 heterocycles. The molecule has 7 heteroatoms. The van der Waals surface area contributed by atoms with Crippen LogP contribution < -0.4 is 14.8 Å². The van der Waals surface area contributed by atoms with Crippen LogP contribution in [-0.2, 0) is 9.63 Å². The van der Waals surface area contributed by atoms with E-state index in [9.17, 15) is 9.18 Å². The Morgan fingerprint density at radius 2 is 1.96 bits per heavy atom. The van der Waals surface area contributed by atoms with Crippen molar-refractivity contribution in [3.8, 4) is 11.5 Å². The van der Waals surface area contributed by atoms with Crippen molar-refractivity contribution in [3.05, 3.63) is 53.8 Å². The van der Waals surface area contributed by atoms with Gasteiger partial charge in [0, 0.05) is 30.2 Å². The summed E-state index contributed by atoms with van der Waals surface area (Å²) < 4.78 is 24.5. The fourth-order valence-corrected chi connectivity index (χ4v) is 2.82. The van der Waals surface area contributed by atoms with E-state index in [-0.39, 0.29) is 18.1 Å². The van der Waals surface area contributed by atoms with Crippen LogP contribution >= 0.6 is 0 Å². The number of fused-ring (bicyclic) bond motifs is 1. The van der Waals surface area contributed by atoms with Gasteiger partial charge in [0.2, 0.25) is 6.10 Å². The number of ether oxygens (including phenoxy) is 2. The van der Waals surface area contributed by atoms with Crippen LogP contribution in [0.15, 0.2) is 47.6 Å². The topological polar surface area (TPSA) is 69.2 Å². The molecule has 2 aromatic rings. The van der Waals surface area contributed by atoms with Gasteiger partial charge in [-0.05, 0) is 24.3 Å². The van der Waals surface area contributed by atoms with Gasteiger partial charge < -0.3 is 19.6 Å². The van der Waals surface area contributed by atoms with E-state index in [0.29, 0.717) is 41.7 Å². The zero-order chi connectivity index (χ0) is 17.9. The molecule has 1 atom stereocenters. The van der Waals surface area contributed by atoms with Crippen molar-refractivity contribution in [2.75, 3.05) is 18.5 Å². The molecule has 134 valence electrons. The second-order valence-corrected chi connectivity index (χ2v) is 6.05. The minimum absolute atomic E-state index is 0.278. The average Bonchev–Trinajstić information content (AvgIpc) is 3.02. The molecule has 1 N–H and O–H groups in total. The van der Waals surface area contributed by atoms with Crippen LogP contribution in [0.3, 0.4) is 0 Å². The third-order valence-corrected chi connectivity index (χ3v) is 4.13. The molecule has 2 aliphatic rings. The summed E-state index contributed by atoms with van der Waals surface area (Å²) in [4.78, 5) is 17.7. The molecule has 0 saturated heterocycles. The molecule has 0 saturated carbocycles. The van der Waals surface area contributed by atoms with Gasteiger partial charge in [0.15, 0.2) is 11.5 Å². The lowest BCUT2D eigenvalue weighted by Gasteiger charge is -2.12. The van der Waals surface area contributed by atoms with E-state index in [1.165, 1.54) is 12.1 Å². The Kier molecular flexibility index (Phi) is 4.43. The number of nitrogens with one attached hydrogen (secondary N) is 1. The average molecular weight is 356 g/mol. The molecule has 2 aliphatic heterocycles. The number of nitrogens with zero attached hydrogens (tertiary/aromatic N) is 1. The Hall–Kier alpha value is -3.09. The minimum Gasteiger partial charge on any atom is -0.490 e. The van der Waals surface area contributed by atoms with Gasteiger partial charge in [0.25, 0.3) is 5.91 Å². The summed E-state index contributed by atoms with van der Waals surface area (Å²) in [5.41, 5.74) is 1.74. The highest BCUT2D eigenvalue weighted by Crippen LogP contribution is 2.32. The van der Waals surface area contributed by atoms with Gasteiger partial charge in [-0.2, -0.15) is 0 Å². The summed E-state index contributed by atoms with van der Waals surface area (Å²) in [6.07, 6.45) is 0.330. The number of anilines is 1. The van der Waals surface area contributed by atoms with Crippen molar-refractivity contribution in [2.24, 2.45) is 5.16 Å². The highest BCUT2D eigenvalue weighted by molar-refractivity contribution is 6.06. The Morgan fingerprint density at radius 1 is 1.12 bits per heavy atom. The SMILES string of the molecule is O=C(Nc1ccc2c(c1)OCCCO2)C1CC(c2cccc(F)c2)=NO1. The summed E-state index contributed by atoms with van der Waals surface area (Å²) in [7, 11) is 0. The van der Waals surface area contributed by atoms with Gasteiger partial charge in [0.05, 0.1) is 18.9 Å². The number of halogens is 1. The number of benzene rings is 2. The van der Waals surface area contributed by atoms with E-state index in [4.69, 9.17) is 14.3 Å². The maximum absolute atomic E-state index is 13.3. The lowest BCUT2D eigenvalue weighted by atomic mass is 10.0. The lowest BCUT2D eigenvalue weighted by Crippen LogP contribution is -2.28. The molecule has 0 aliphatic carbocycles. The first kappa shape index (κ1) is 16.4. The van der Waals surface area contributed by atoms with Crippen molar-refractivity contribution < 1.29 is 23.5 Å². The van der Waals surface area contributed by atoms with E-state index in [1.54, 1.807) is 30.3 Å². The largest absolute Gasteiger partial charge is 0.490 e. The molecule has 1 amide bonds. The molecule has 0 radical (unpaired) electrons. The molecule has 1 unspecified atom stereocenters. The summed E-state index contributed by atoms with van der Waals surface area (Å²) in [6.45, 7) is 1.18. The van der Waals surface area contributed by atoms with Crippen LogP contribution in [0, 0.1) is 5.82 Å². The minimum atomic E-state index is -0.760. The van der Waals surface area contributed by atoms with Crippen LogP contribution in [0.2, 0.25) is 0 Å². The van der Waals surface area contributed by atoms with E-state index in [2.05, 4.69) is 10.5 Å². The van der Waals surface area contributed by atoms with Gasteiger partial charge in [-0.15, -0.1) is 0 Å². The first-order valence-electron chi connectivity index (χ1n) is 8.38. The second kappa shape index (κ2) is 7.03. The molecular weight excluding hydrogens is 339 g/mol. The first-order chi connectivity index (χ1) is 12.7. The Balaban J connectivity index is 1.41. The Bertz CT molecular complexity index is 868. The van der Waals surface area contributed by atoms with Gasteiger partial charge in [-0.25, -0.2) is 4.39 Å². The highest BCUT2D eigenvalue weighted by atomic mass is 19.1. The zero-order valence-corrected chi connectivity index (χ0v) is 13.9. The highest BCUT2D eigenvalue weighted by Gasteiger charge is 2.29. The first-order valence-corrected chi connectivity index (χ1v) is 8.38. The molecule has 2 aromatic carbocycles. The molecule has 4 rings (SSSR count). The summed E-state index contributed by atoms with van der Waals surface area (Å²) in [5.74, 6) is 0.582. The number of rotatable bonds is 3. The molecule has 26 heavy (non-hydrogen) atoms. The monoisotopic (exact) mass is 356 g/mol. The molecule has 0 bridgehead atoms. The van der Waals surface area contributed by atoms with Crippen LogP contribution in [0.25, 0.3) is 0 Å². The van der Waals surface area contributed by atoms with Crippen LogP contribution in [0.1, 0.15) is 18.4 Å². The maximum Gasteiger partial charge on any atom is 0.268 e. The predicted octanol–water partition coefficient (Wildman–Crippen LogP) is 3.12. The summed E-state index contributed by atoms with van der Waals surface area (Å²) in [6, 6.07) is 11.3. The number of amides is 1. The van der Waals surface area contributed by atoms with E-state index >= 15 is 0 Å². The van der Waals surface area contributed by atoms with E-state index < -0.39 is 6.10 Å². The third-order valence-electron chi connectivity index (χ3n) is 4.13. The second-order valence-electron chi connectivity index (χ2n) is 6.05. The maximum atomic E-state index is 13.3. The number of hydrogen-bond donors (Lipinski definition) is 1. The number of carbonyl (C=O) groups is 1. The Morgan fingerprint density at radius 3 is 2.81 bits per heavy atom. The molecule has 0 spiro atoms. The number of oxime groups is 1. The van der Waals surface area contributed by atoms with Crippen molar-refractivity contribution in [2.45, 2.75) is 18.9 Å². The third kappa shape index (κ3) is 3.46. The smallest absolute Gasteiger partial charge is 0.268 e.